The van der Waals surface area contributed by atoms with Crippen LogP contribution in [-0.2, 0) is 0 Å². The highest BCUT2D eigenvalue weighted by molar-refractivity contribution is 5.49. The number of aliphatic hydroxyl groups excluding tert-OH is 1. The van der Waals surface area contributed by atoms with Crippen LogP contribution in [0.3, 0.4) is 0 Å². The largest absolute Gasteiger partial charge is 0.490 e. The number of benzene rings is 1. The molecule has 0 bridgehead atoms. The van der Waals surface area contributed by atoms with Gasteiger partial charge in [-0.1, -0.05) is 18.9 Å². The normalized spacial score (nSPS) is 18.0. The summed E-state index contributed by atoms with van der Waals surface area (Å²) < 4.78 is 4.97. The number of likely N-dealkylation sites (tertiary alicyclic amines) is 1. The van der Waals surface area contributed by atoms with Crippen LogP contribution in [0.4, 0.5) is 5.69 Å². The number of aliphatic hydroxyl groups is 1. The zero-order valence-corrected chi connectivity index (χ0v) is 12.3. The maximum Gasteiger partial charge on any atom is 0.311 e. The fraction of sp³-hybridized carbons (Fsp3) is 0.600. The minimum absolute atomic E-state index is 0.107. The number of rotatable bonds is 5. The number of hydrogen-bond donors (Lipinski definition) is 1. The molecule has 0 saturated carbocycles. The van der Waals surface area contributed by atoms with Crippen molar-refractivity contribution in [2.75, 3.05) is 26.7 Å². The lowest BCUT2D eigenvalue weighted by Gasteiger charge is -2.23. The molecule has 1 aliphatic rings. The highest BCUT2D eigenvalue weighted by Crippen LogP contribution is 2.30. The van der Waals surface area contributed by atoms with Crippen LogP contribution in [0, 0.1) is 10.1 Å². The third-order valence-corrected chi connectivity index (χ3v) is 3.91. The second-order valence-electron chi connectivity index (χ2n) is 5.42. The van der Waals surface area contributed by atoms with Crippen LogP contribution in [0.15, 0.2) is 18.2 Å². The molecule has 0 radical (unpaired) electrons. The minimum atomic E-state index is -0.715. The van der Waals surface area contributed by atoms with Gasteiger partial charge in [-0.05, 0) is 37.6 Å². The molecule has 1 aromatic carbocycles. The lowest BCUT2D eigenvalue weighted by Crippen LogP contribution is -2.29. The van der Waals surface area contributed by atoms with E-state index >= 15 is 0 Å². The average Bonchev–Trinajstić information content (AvgIpc) is 2.75. The summed E-state index contributed by atoms with van der Waals surface area (Å²) in [4.78, 5) is 12.8. The molecule has 1 fully saturated rings. The molecular weight excluding hydrogens is 272 g/mol. The maximum atomic E-state index is 11.0. The first-order chi connectivity index (χ1) is 10.1. The third kappa shape index (κ3) is 4.15. The zero-order valence-electron chi connectivity index (χ0n) is 12.3. The van der Waals surface area contributed by atoms with E-state index in [0.29, 0.717) is 12.1 Å². The molecule has 1 atom stereocenters. The first kappa shape index (κ1) is 15.7. The predicted octanol–water partition coefficient (Wildman–Crippen LogP) is 2.51. The number of β-amino-alcohol motifs (C(OH)–C–C–N with tert-alkyl or cyclic N) is 1. The Kier molecular flexibility index (Phi) is 5.52. The van der Waals surface area contributed by atoms with Gasteiger partial charge in [0.1, 0.15) is 0 Å². The van der Waals surface area contributed by atoms with Gasteiger partial charge in [0.05, 0.1) is 18.1 Å². The fourth-order valence-corrected chi connectivity index (χ4v) is 2.73. The van der Waals surface area contributed by atoms with Crippen molar-refractivity contribution in [2.24, 2.45) is 0 Å². The van der Waals surface area contributed by atoms with Crippen molar-refractivity contribution < 1.29 is 14.8 Å². The topological polar surface area (TPSA) is 75.8 Å². The molecule has 1 aliphatic heterocycles. The second kappa shape index (κ2) is 7.38. The quantitative estimate of drug-likeness (QED) is 0.667. The second-order valence-corrected chi connectivity index (χ2v) is 5.42. The molecule has 116 valence electrons. The van der Waals surface area contributed by atoms with Crippen molar-refractivity contribution in [3.8, 4) is 5.75 Å². The molecule has 2 rings (SSSR count). The molecule has 21 heavy (non-hydrogen) atoms. The molecule has 0 amide bonds. The molecule has 1 N–H and O–H groups in total. The number of hydrogen-bond acceptors (Lipinski definition) is 5. The Balaban J connectivity index is 2.09. The summed E-state index contributed by atoms with van der Waals surface area (Å²) in [5.74, 6) is 0.214. The number of ether oxygens (including phenoxy) is 1. The number of methoxy groups -OCH3 is 1. The molecule has 6 heteroatoms. The summed E-state index contributed by atoms with van der Waals surface area (Å²) in [6, 6.07) is 4.63. The minimum Gasteiger partial charge on any atom is -0.490 e. The van der Waals surface area contributed by atoms with Crippen LogP contribution >= 0.6 is 0 Å². The summed E-state index contributed by atoms with van der Waals surface area (Å²) in [7, 11) is 1.40. The van der Waals surface area contributed by atoms with E-state index in [2.05, 4.69) is 4.90 Å². The van der Waals surface area contributed by atoms with Gasteiger partial charge in [0.15, 0.2) is 5.75 Å². The molecule has 0 aromatic heterocycles. The van der Waals surface area contributed by atoms with Gasteiger partial charge in [-0.3, -0.25) is 10.1 Å². The molecule has 0 spiro atoms. The van der Waals surface area contributed by atoms with E-state index in [1.807, 2.05) is 0 Å². The van der Waals surface area contributed by atoms with Gasteiger partial charge in [0.25, 0.3) is 0 Å². The van der Waals surface area contributed by atoms with Gasteiger partial charge in [-0.2, -0.15) is 0 Å². The molecule has 0 aliphatic carbocycles. The molecule has 6 nitrogen and oxygen atoms in total. The van der Waals surface area contributed by atoms with E-state index in [-0.39, 0.29) is 11.4 Å². The summed E-state index contributed by atoms with van der Waals surface area (Å²) in [6.45, 7) is 2.48. The summed E-state index contributed by atoms with van der Waals surface area (Å²) >= 11 is 0. The summed E-state index contributed by atoms with van der Waals surface area (Å²) in [6.07, 6.45) is 4.05. The number of nitro benzene ring substituents is 1. The molecule has 1 aromatic rings. The van der Waals surface area contributed by atoms with Crippen LogP contribution in [0.2, 0.25) is 0 Å². The van der Waals surface area contributed by atoms with Crippen LogP contribution in [0.5, 0.6) is 5.75 Å². The van der Waals surface area contributed by atoms with Gasteiger partial charge in [-0.15, -0.1) is 0 Å². The summed E-state index contributed by atoms with van der Waals surface area (Å²) in [5, 5.41) is 21.4. The van der Waals surface area contributed by atoms with Gasteiger partial charge in [0, 0.05) is 12.6 Å². The van der Waals surface area contributed by atoms with Gasteiger partial charge in [0.2, 0.25) is 0 Å². The third-order valence-electron chi connectivity index (χ3n) is 3.91. The van der Waals surface area contributed by atoms with E-state index in [4.69, 9.17) is 4.74 Å². The average molecular weight is 294 g/mol. The lowest BCUT2D eigenvalue weighted by atomic mass is 10.1. The van der Waals surface area contributed by atoms with Crippen molar-refractivity contribution in [3.63, 3.8) is 0 Å². The highest BCUT2D eigenvalue weighted by atomic mass is 16.6. The highest BCUT2D eigenvalue weighted by Gasteiger charge is 2.20. The van der Waals surface area contributed by atoms with Crippen LogP contribution in [-0.4, -0.2) is 41.7 Å². The maximum absolute atomic E-state index is 11.0. The zero-order chi connectivity index (χ0) is 15.2. The van der Waals surface area contributed by atoms with Gasteiger partial charge >= 0.3 is 5.69 Å². The first-order valence-corrected chi connectivity index (χ1v) is 7.34. The smallest absolute Gasteiger partial charge is 0.311 e. The van der Waals surface area contributed by atoms with E-state index in [0.717, 1.165) is 25.9 Å². The first-order valence-electron chi connectivity index (χ1n) is 7.34. The Bertz CT molecular complexity index is 485. The van der Waals surface area contributed by atoms with E-state index in [1.165, 1.54) is 26.0 Å². The molecule has 1 heterocycles. The number of nitro groups is 1. The number of nitrogens with zero attached hydrogens (tertiary/aromatic N) is 2. The standard InChI is InChI=1S/C15H22N2O4/c1-21-15-7-6-12(10-13(15)17(19)20)14(18)11-16-8-4-2-3-5-9-16/h6-7,10,14,18H,2-5,8-9,11H2,1H3. The molecule has 1 unspecified atom stereocenters. The van der Waals surface area contributed by atoms with Crippen LogP contribution < -0.4 is 4.74 Å². The lowest BCUT2D eigenvalue weighted by molar-refractivity contribution is -0.385. The van der Waals surface area contributed by atoms with Crippen molar-refractivity contribution in [1.82, 2.24) is 4.90 Å². The fourth-order valence-electron chi connectivity index (χ4n) is 2.73. The Hall–Kier alpha value is -1.66. The Labute approximate surface area is 124 Å². The summed E-state index contributed by atoms with van der Waals surface area (Å²) in [5.41, 5.74) is 0.455. The van der Waals surface area contributed by atoms with E-state index in [1.54, 1.807) is 12.1 Å². The van der Waals surface area contributed by atoms with Crippen molar-refractivity contribution in [3.05, 3.63) is 33.9 Å². The van der Waals surface area contributed by atoms with Crippen molar-refractivity contribution >= 4 is 5.69 Å². The van der Waals surface area contributed by atoms with E-state index < -0.39 is 11.0 Å². The van der Waals surface area contributed by atoms with Crippen molar-refractivity contribution in [1.29, 1.82) is 0 Å². The SMILES string of the molecule is COc1ccc(C(O)CN2CCCCCC2)cc1[N+](=O)[O-]. The predicted molar refractivity (Wildman–Crippen MR) is 79.5 cm³/mol. The monoisotopic (exact) mass is 294 g/mol. The Morgan fingerprint density at radius 1 is 1.33 bits per heavy atom. The van der Waals surface area contributed by atoms with Crippen molar-refractivity contribution in [2.45, 2.75) is 31.8 Å². The Morgan fingerprint density at radius 3 is 2.57 bits per heavy atom. The molecule has 1 saturated heterocycles. The van der Waals surface area contributed by atoms with E-state index in [9.17, 15) is 15.2 Å². The van der Waals surface area contributed by atoms with Gasteiger partial charge in [-0.25, -0.2) is 0 Å². The molecular formula is C15H22N2O4. The van der Waals surface area contributed by atoms with Crippen LogP contribution in [0.25, 0.3) is 0 Å². The Morgan fingerprint density at radius 2 is 2.00 bits per heavy atom. The van der Waals surface area contributed by atoms with Crippen LogP contribution in [0.1, 0.15) is 37.4 Å². The van der Waals surface area contributed by atoms with Gasteiger partial charge < -0.3 is 14.7 Å².